The molecule has 1 heterocycles. The summed E-state index contributed by atoms with van der Waals surface area (Å²) in [5.41, 5.74) is 1.87. The summed E-state index contributed by atoms with van der Waals surface area (Å²) < 4.78 is 39.2. The highest BCUT2D eigenvalue weighted by atomic mass is 32.2. The maximum Gasteiger partial charge on any atom is 0.305 e. The Hall–Kier alpha value is -2.42. The highest BCUT2D eigenvalue weighted by Gasteiger charge is 2.51. The van der Waals surface area contributed by atoms with Crippen molar-refractivity contribution in [2.45, 2.75) is 54.7 Å². The highest BCUT2D eigenvalue weighted by Crippen LogP contribution is 2.49. The van der Waals surface area contributed by atoms with E-state index in [2.05, 4.69) is 9.46 Å². The minimum absolute atomic E-state index is 0.163. The van der Waals surface area contributed by atoms with Gasteiger partial charge in [0.2, 0.25) is 10.0 Å². The molecule has 7 nitrogen and oxygen atoms in total. The lowest BCUT2D eigenvalue weighted by Crippen LogP contribution is -2.43. The summed E-state index contributed by atoms with van der Waals surface area (Å²) in [6.07, 6.45) is 0.832. The Labute approximate surface area is 176 Å². The van der Waals surface area contributed by atoms with Crippen LogP contribution in [0.25, 0.3) is 0 Å². The predicted octanol–water partition coefficient (Wildman–Crippen LogP) is 2.14. The molecule has 0 saturated heterocycles. The highest BCUT2D eigenvalue weighted by molar-refractivity contribution is 7.89. The van der Waals surface area contributed by atoms with Crippen LogP contribution in [0.3, 0.4) is 0 Å². The summed E-state index contributed by atoms with van der Waals surface area (Å²) in [4.78, 5) is 11.5. The molecule has 0 bridgehead atoms. The maximum atomic E-state index is 12.8. The zero-order valence-corrected chi connectivity index (χ0v) is 17.5. The van der Waals surface area contributed by atoms with Gasteiger partial charge in [-0.05, 0) is 30.5 Å². The fraction of sp³-hybridized carbons (Fsp3) is 0.409. The number of sulfonamides is 1. The fourth-order valence-corrected chi connectivity index (χ4v) is 5.71. The third-order valence-corrected chi connectivity index (χ3v) is 7.31. The molecule has 30 heavy (non-hydrogen) atoms. The van der Waals surface area contributed by atoms with Crippen LogP contribution in [0.4, 0.5) is 0 Å². The molecule has 1 saturated carbocycles. The van der Waals surface area contributed by atoms with E-state index in [1.165, 1.54) is 19.2 Å². The molecule has 160 valence electrons. The Bertz CT molecular complexity index is 1020. The van der Waals surface area contributed by atoms with Gasteiger partial charge in [0.1, 0.15) is 11.9 Å². The molecular formula is C22H25NO6S. The summed E-state index contributed by atoms with van der Waals surface area (Å²) >= 11 is 0. The average Bonchev–Trinajstić information content (AvgIpc) is 3.24. The Morgan fingerprint density at radius 1 is 1.20 bits per heavy atom. The van der Waals surface area contributed by atoms with E-state index in [4.69, 9.17) is 4.74 Å². The number of hydrogen-bond donors (Lipinski definition) is 2. The van der Waals surface area contributed by atoms with Crippen molar-refractivity contribution < 1.29 is 27.8 Å². The van der Waals surface area contributed by atoms with Crippen molar-refractivity contribution in [2.24, 2.45) is 0 Å². The third-order valence-electron chi connectivity index (χ3n) is 5.83. The smallest absolute Gasteiger partial charge is 0.305 e. The van der Waals surface area contributed by atoms with E-state index in [1.54, 1.807) is 18.2 Å². The first-order valence-electron chi connectivity index (χ1n) is 10.0. The number of carbonyl (C=O) groups is 1. The van der Waals surface area contributed by atoms with E-state index < -0.39 is 22.2 Å². The number of para-hydroxylation sites is 1. The zero-order valence-electron chi connectivity index (χ0n) is 16.7. The van der Waals surface area contributed by atoms with Crippen LogP contribution in [0, 0.1) is 0 Å². The molecule has 0 aromatic heterocycles. The van der Waals surface area contributed by atoms with Crippen molar-refractivity contribution in [3.05, 3.63) is 59.7 Å². The number of hydrogen-bond acceptors (Lipinski definition) is 6. The second-order valence-corrected chi connectivity index (χ2v) is 9.42. The SMILES string of the molecule is COC(=O)CCCc1cccc2c1OC1CC(O)C(NS(=O)(=O)c3ccccc3)C21. The molecule has 1 aliphatic heterocycles. The summed E-state index contributed by atoms with van der Waals surface area (Å²) in [6.45, 7) is 0. The molecule has 0 amide bonds. The molecule has 0 radical (unpaired) electrons. The number of esters is 1. The predicted molar refractivity (Wildman–Crippen MR) is 110 cm³/mol. The van der Waals surface area contributed by atoms with Crippen LogP contribution in [-0.2, 0) is 26.0 Å². The second kappa shape index (κ2) is 8.37. The van der Waals surface area contributed by atoms with Crippen LogP contribution in [0.2, 0.25) is 0 Å². The first-order chi connectivity index (χ1) is 14.4. The van der Waals surface area contributed by atoms with Gasteiger partial charge in [-0.1, -0.05) is 36.4 Å². The van der Waals surface area contributed by atoms with Crippen molar-refractivity contribution in [3.63, 3.8) is 0 Å². The Kier molecular flexibility index (Phi) is 5.81. The number of aliphatic hydroxyl groups is 1. The van der Waals surface area contributed by atoms with Crippen LogP contribution in [0.5, 0.6) is 5.75 Å². The summed E-state index contributed by atoms with van der Waals surface area (Å²) in [6, 6.07) is 13.2. The number of nitrogens with one attached hydrogen (secondary N) is 1. The molecule has 2 aliphatic rings. The molecule has 0 spiro atoms. The van der Waals surface area contributed by atoms with E-state index in [1.807, 2.05) is 18.2 Å². The number of carbonyl (C=O) groups excluding carboxylic acids is 1. The van der Waals surface area contributed by atoms with Gasteiger partial charge in [0.25, 0.3) is 0 Å². The maximum absolute atomic E-state index is 12.8. The number of methoxy groups -OCH3 is 1. The topological polar surface area (TPSA) is 102 Å². The van der Waals surface area contributed by atoms with Crippen molar-refractivity contribution in [1.29, 1.82) is 0 Å². The summed E-state index contributed by atoms with van der Waals surface area (Å²) in [5, 5.41) is 10.6. The van der Waals surface area contributed by atoms with Gasteiger partial charge in [0.15, 0.2) is 0 Å². The molecule has 8 heteroatoms. The minimum Gasteiger partial charge on any atom is -0.489 e. The number of rotatable bonds is 7. The normalized spacial score (nSPS) is 24.7. The van der Waals surface area contributed by atoms with Crippen molar-refractivity contribution in [3.8, 4) is 5.75 Å². The van der Waals surface area contributed by atoms with Crippen LogP contribution in [0.15, 0.2) is 53.4 Å². The van der Waals surface area contributed by atoms with E-state index in [0.717, 1.165) is 16.9 Å². The van der Waals surface area contributed by atoms with E-state index in [0.29, 0.717) is 25.7 Å². The van der Waals surface area contributed by atoms with Crippen molar-refractivity contribution in [2.75, 3.05) is 7.11 Å². The van der Waals surface area contributed by atoms with Gasteiger partial charge in [-0.15, -0.1) is 0 Å². The summed E-state index contributed by atoms with van der Waals surface area (Å²) in [5.74, 6) is 0.223. The number of aryl methyl sites for hydroxylation is 1. The van der Waals surface area contributed by atoms with E-state index >= 15 is 0 Å². The average molecular weight is 432 g/mol. The van der Waals surface area contributed by atoms with E-state index in [-0.39, 0.29) is 22.9 Å². The summed E-state index contributed by atoms with van der Waals surface area (Å²) in [7, 11) is -2.40. The number of ether oxygens (including phenoxy) is 2. The first kappa shape index (κ1) is 20.8. The second-order valence-electron chi connectivity index (χ2n) is 7.71. The fourth-order valence-electron chi connectivity index (χ4n) is 4.40. The van der Waals surface area contributed by atoms with Crippen LogP contribution < -0.4 is 9.46 Å². The van der Waals surface area contributed by atoms with Gasteiger partial charge in [-0.3, -0.25) is 4.79 Å². The molecule has 2 aromatic rings. The molecule has 4 rings (SSSR count). The lowest BCUT2D eigenvalue weighted by atomic mass is 9.92. The molecule has 1 aliphatic carbocycles. The lowest BCUT2D eigenvalue weighted by Gasteiger charge is -2.22. The molecular weight excluding hydrogens is 406 g/mol. The van der Waals surface area contributed by atoms with E-state index in [9.17, 15) is 18.3 Å². The standard InChI is InChI=1S/C22H25NO6S/c1-28-19(25)12-6-8-14-7-5-11-16-20-18(29-22(14)16)13-17(24)21(20)23-30(26,27)15-9-3-2-4-10-15/h2-5,7,9-11,17-18,20-21,23-24H,6,8,12-13H2,1H3. The first-order valence-corrected chi connectivity index (χ1v) is 11.5. The molecule has 2 N–H and O–H groups in total. The molecule has 2 aromatic carbocycles. The Morgan fingerprint density at radius 3 is 2.70 bits per heavy atom. The monoisotopic (exact) mass is 431 g/mol. The minimum atomic E-state index is -3.77. The molecule has 4 atom stereocenters. The van der Waals surface area contributed by atoms with Crippen molar-refractivity contribution in [1.82, 2.24) is 4.72 Å². The molecule has 1 fully saturated rings. The number of aliphatic hydroxyl groups excluding tert-OH is 1. The number of benzene rings is 2. The quantitative estimate of drug-likeness (QED) is 0.652. The number of fused-ring (bicyclic) bond motifs is 3. The van der Waals surface area contributed by atoms with Gasteiger partial charge in [-0.25, -0.2) is 13.1 Å². The molecule has 4 unspecified atom stereocenters. The zero-order chi connectivity index (χ0) is 21.3. The van der Waals surface area contributed by atoms with Gasteiger partial charge in [0, 0.05) is 24.3 Å². The van der Waals surface area contributed by atoms with Crippen LogP contribution in [-0.4, -0.2) is 44.9 Å². The Balaban J connectivity index is 1.56. The van der Waals surface area contributed by atoms with Gasteiger partial charge in [-0.2, -0.15) is 0 Å². The van der Waals surface area contributed by atoms with Crippen LogP contribution >= 0.6 is 0 Å². The lowest BCUT2D eigenvalue weighted by molar-refractivity contribution is -0.140. The largest absolute Gasteiger partial charge is 0.489 e. The van der Waals surface area contributed by atoms with Gasteiger partial charge >= 0.3 is 5.97 Å². The Morgan fingerprint density at radius 2 is 1.97 bits per heavy atom. The van der Waals surface area contributed by atoms with Gasteiger partial charge < -0.3 is 14.6 Å². The van der Waals surface area contributed by atoms with Gasteiger partial charge in [0.05, 0.1) is 24.2 Å². The third kappa shape index (κ3) is 3.95. The van der Waals surface area contributed by atoms with Crippen LogP contribution in [0.1, 0.15) is 36.3 Å². The van der Waals surface area contributed by atoms with Crippen molar-refractivity contribution >= 4 is 16.0 Å².